The van der Waals surface area contributed by atoms with Crippen molar-refractivity contribution in [1.29, 1.82) is 0 Å². The van der Waals surface area contributed by atoms with Gasteiger partial charge in [-0.05, 0) is 119 Å². The molecule has 0 aliphatic carbocycles. The minimum absolute atomic E-state index is 1.32. The van der Waals surface area contributed by atoms with Gasteiger partial charge in [0.1, 0.15) is 0 Å². The normalized spacial score (nSPS) is 11.6. The van der Waals surface area contributed by atoms with E-state index in [-0.39, 0.29) is 0 Å². The Bertz CT molecular complexity index is 2770. The van der Waals surface area contributed by atoms with E-state index in [1.165, 1.54) is 98.9 Å². The molecule has 0 saturated heterocycles. The van der Waals surface area contributed by atoms with E-state index in [1.807, 2.05) is 125 Å². The van der Waals surface area contributed by atoms with Crippen molar-refractivity contribution in [3.8, 4) is 98.9 Å². The van der Waals surface area contributed by atoms with E-state index in [0.717, 1.165) is 0 Å². The summed E-state index contributed by atoms with van der Waals surface area (Å²) in [4.78, 5) is 23.9. The molecule has 11 aromatic rings. The van der Waals surface area contributed by atoms with E-state index in [1.54, 1.807) is 0 Å². The fraction of sp³-hybridized carbons (Fsp3) is 0. The summed E-state index contributed by atoms with van der Waals surface area (Å²) in [6.45, 7) is 0. The Morgan fingerprint density at radius 2 is 0.436 bits per heavy atom. The fourth-order valence-electron chi connectivity index (χ4n) is 6.52. The number of hydrogen-bond donors (Lipinski definition) is 0. The maximum atomic E-state index is 2.38. The van der Waals surface area contributed by atoms with E-state index in [4.69, 9.17) is 0 Å². The van der Waals surface area contributed by atoms with E-state index in [9.17, 15) is 0 Å². The molecule has 0 aliphatic rings. The van der Waals surface area contributed by atoms with E-state index in [0.29, 0.717) is 0 Å². The van der Waals surface area contributed by atoms with Crippen LogP contribution in [0.1, 0.15) is 0 Å². The summed E-state index contributed by atoms with van der Waals surface area (Å²) in [5, 5.41) is 8.68. The van der Waals surface area contributed by atoms with Gasteiger partial charge in [0.2, 0.25) is 0 Å². The molecule has 0 radical (unpaired) electrons. The van der Waals surface area contributed by atoms with Crippen LogP contribution in [0, 0.1) is 0 Å². The molecule has 11 heterocycles. The molecule has 0 amide bonds. The lowest BCUT2D eigenvalue weighted by Gasteiger charge is -2.06. The van der Waals surface area contributed by atoms with Gasteiger partial charge in [-0.1, -0.05) is 24.3 Å². The van der Waals surface area contributed by atoms with Crippen LogP contribution in [0.5, 0.6) is 0 Å². The van der Waals surface area contributed by atoms with E-state index >= 15 is 0 Å². The summed E-state index contributed by atoms with van der Waals surface area (Å²) < 4.78 is 0. The first-order valence-corrected chi connectivity index (χ1v) is 26.4. The zero-order valence-corrected chi connectivity index (χ0v) is 37.3. The first-order valence-electron chi connectivity index (χ1n) is 17.2. The highest BCUT2D eigenvalue weighted by atomic mass is 32.1. The Morgan fingerprint density at radius 3 is 0.727 bits per heavy atom. The molecule has 0 spiro atoms. The molecular formula is C44H24S11. The summed E-state index contributed by atoms with van der Waals surface area (Å²) in [7, 11) is 0. The fourth-order valence-corrected chi connectivity index (χ4v) is 17.9. The van der Waals surface area contributed by atoms with Crippen molar-refractivity contribution >= 4 is 125 Å². The molecule has 0 aromatic carbocycles. The monoisotopic (exact) mass is 904 g/mol. The smallest absolute Gasteiger partial charge is 0.0543 e. The minimum Gasteiger partial charge on any atom is -0.143 e. The van der Waals surface area contributed by atoms with Crippen molar-refractivity contribution in [3.05, 3.63) is 143 Å². The zero-order chi connectivity index (χ0) is 36.3. The second-order valence-corrected chi connectivity index (χ2v) is 23.7. The lowest BCUT2D eigenvalue weighted by Crippen LogP contribution is -1.79. The zero-order valence-electron chi connectivity index (χ0n) is 28.3. The van der Waals surface area contributed by atoms with Gasteiger partial charge in [0.25, 0.3) is 0 Å². The standard InChI is InChI=1S/C44H24S11/c1-5-25(45-21-1)29-9-11-33(49-29)35-13-17-37(51-35)41-42(38-18-14-36(52-38)34-12-10-30(50-34)26-6-2-22-46-26)44(40-20-16-32(54-40)28-8-4-24-48-28)55-43(41)39-19-15-31(53-39)27-7-3-23-47-27/h1-24H. The molecule has 55 heavy (non-hydrogen) atoms. The predicted octanol–water partition coefficient (Wildman–Crippen LogP) is 19.0. The molecule has 0 bridgehead atoms. The number of hydrogen-bond acceptors (Lipinski definition) is 11. The van der Waals surface area contributed by atoms with Gasteiger partial charge in [-0.3, -0.25) is 0 Å². The highest BCUT2D eigenvalue weighted by molar-refractivity contribution is 7.32. The molecule has 0 fully saturated rings. The number of rotatable bonds is 10. The Hall–Kier alpha value is -3.30. The lowest BCUT2D eigenvalue weighted by atomic mass is 10.0. The van der Waals surface area contributed by atoms with Crippen LogP contribution in [0.4, 0.5) is 0 Å². The van der Waals surface area contributed by atoms with Crippen molar-refractivity contribution in [3.63, 3.8) is 0 Å². The average molecular weight is 905 g/mol. The molecule has 11 heteroatoms. The van der Waals surface area contributed by atoms with Crippen LogP contribution in [0.25, 0.3) is 98.9 Å². The summed E-state index contributed by atoms with van der Waals surface area (Å²) in [5.41, 5.74) is 2.71. The maximum Gasteiger partial charge on any atom is 0.0543 e. The second-order valence-electron chi connectivity index (χ2n) is 12.4. The maximum absolute atomic E-state index is 2.38. The van der Waals surface area contributed by atoms with Crippen LogP contribution < -0.4 is 0 Å². The molecule has 11 rings (SSSR count). The van der Waals surface area contributed by atoms with Crippen molar-refractivity contribution in [2.45, 2.75) is 0 Å². The van der Waals surface area contributed by atoms with Gasteiger partial charge in [0, 0.05) is 89.2 Å². The topological polar surface area (TPSA) is 0 Å². The van der Waals surface area contributed by atoms with Crippen LogP contribution >= 0.6 is 125 Å². The largest absolute Gasteiger partial charge is 0.143 e. The number of thiophene rings is 11. The Balaban J connectivity index is 1.10. The van der Waals surface area contributed by atoms with Gasteiger partial charge in [-0.2, -0.15) is 0 Å². The van der Waals surface area contributed by atoms with Crippen LogP contribution in [0.3, 0.4) is 0 Å². The Morgan fingerprint density at radius 1 is 0.200 bits per heavy atom. The van der Waals surface area contributed by atoms with Gasteiger partial charge in [-0.25, -0.2) is 0 Å². The molecule has 0 unspecified atom stereocenters. The van der Waals surface area contributed by atoms with Crippen LogP contribution in [0.15, 0.2) is 143 Å². The Labute approximate surface area is 362 Å². The average Bonchev–Trinajstić information content (AvgIpc) is 4.08. The predicted molar refractivity (Wildman–Crippen MR) is 257 cm³/mol. The minimum atomic E-state index is 1.32. The first-order chi connectivity index (χ1) is 27.2. The first kappa shape index (κ1) is 34.9. The molecule has 11 aromatic heterocycles. The summed E-state index contributed by atoms with van der Waals surface area (Å²) in [6.07, 6.45) is 0. The highest BCUT2D eigenvalue weighted by Gasteiger charge is 2.28. The second kappa shape index (κ2) is 14.9. The van der Waals surface area contributed by atoms with Crippen LogP contribution in [0.2, 0.25) is 0 Å². The lowest BCUT2D eigenvalue weighted by molar-refractivity contribution is 1.81. The summed E-state index contributed by atoms with van der Waals surface area (Å²) in [5.74, 6) is 0. The SMILES string of the molecule is c1csc(-c2ccc(-c3ccc(-c4c(-c5ccc(-c6cccs6)s5)sc(-c5ccc(-c6cccs6)s5)c4-c4ccc(-c5ccc(-c6cccs6)s5)s4)s3)s2)c1. The molecular weight excluding hydrogens is 881 g/mol. The third-order valence-electron chi connectivity index (χ3n) is 9.03. The third-order valence-corrected chi connectivity index (χ3v) is 21.8. The Kier molecular flexibility index (Phi) is 9.45. The molecule has 0 aliphatic heterocycles. The summed E-state index contributed by atoms with van der Waals surface area (Å²) in [6, 6.07) is 45.5. The third kappa shape index (κ3) is 6.63. The van der Waals surface area contributed by atoms with E-state index < -0.39 is 0 Å². The quantitative estimate of drug-likeness (QED) is 0.128. The van der Waals surface area contributed by atoms with Crippen molar-refractivity contribution in [1.82, 2.24) is 0 Å². The van der Waals surface area contributed by atoms with Crippen LogP contribution in [-0.2, 0) is 0 Å². The van der Waals surface area contributed by atoms with Gasteiger partial charge < -0.3 is 0 Å². The van der Waals surface area contributed by atoms with Gasteiger partial charge in [-0.15, -0.1) is 125 Å². The van der Waals surface area contributed by atoms with Gasteiger partial charge >= 0.3 is 0 Å². The van der Waals surface area contributed by atoms with Crippen LogP contribution in [-0.4, -0.2) is 0 Å². The van der Waals surface area contributed by atoms with E-state index in [2.05, 4.69) is 143 Å². The molecule has 0 saturated carbocycles. The van der Waals surface area contributed by atoms with Gasteiger partial charge in [0.15, 0.2) is 0 Å². The van der Waals surface area contributed by atoms with Crippen molar-refractivity contribution in [2.24, 2.45) is 0 Å². The molecule has 0 nitrogen and oxygen atoms in total. The molecule has 0 atom stereocenters. The van der Waals surface area contributed by atoms with Crippen molar-refractivity contribution < 1.29 is 0 Å². The highest BCUT2D eigenvalue weighted by Crippen LogP contribution is 2.58. The summed E-state index contributed by atoms with van der Waals surface area (Å²) >= 11 is 20.7. The van der Waals surface area contributed by atoms with Gasteiger partial charge in [0.05, 0.1) is 9.75 Å². The van der Waals surface area contributed by atoms with Crippen molar-refractivity contribution in [2.75, 3.05) is 0 Å². The molecule has 266 valence electrons. The molecule has 0 N–H and O–H groups in total.